The highest BCUT2D eigenvalue weighted by Gasteiger charge is 2.31. The predicted molar refractivity (Wildman–Crippen MR) is 109 cm³/mol. The predicted octanol–water partition coefficient (Wildman–Crippen LogP) is 3.38. The first-order chi connectivity index (χ1) is 14.4. The van der Waals surface area contributed by atoms with Crippen molar-refractivity contribution >= 4 is 10.1 Å². The molecule has 0 spiro atoms. The van der Waals surface area contributed by atoms with E-state index in [1.165, 1.54) is 24.3 Å². The Kier molecular flexibility index (Phi) is 4.90. The number of fused-ring (bicyclic) bond motifs is 1. The largest absolute Gasteiger partial charge is 0.440 e. The first kappa shape index (κ1) is 19.5. The van der Waals surface area contributed by atoms with Crippen LogP contribution in [0.25, 0.3) is 0 Å². The van der Waals surface area contributed by atoms with Gasteiger partial charge in [0.15, 0.2) is 0 Å². The maximum Gasteiger partial charge on any atom is 0.339 e. The third-order valence-electron chi connectivity index (χ3n) is 4.75. The zero-order valence-corrected chi connectivity index (χ0v) is 16.8. The molecule has 150 valence electrons. The second-order valence-corrected chi connectivity index (χ2v) is 8.30. The molecule has 2 N–H and O–H groups in total. The van der Waals surface area contributed by atoms with Crippen molar-refractivity contribution in [3.8, 4) is 17.6 Å². The van der Waals surface area contributed by atoms with Crippen molar-refractivity contribution in [3.05, 3.63) is 95.1 Å². The molecule has 30 heavy (non-hydrogen) atoms. The van der Waals surface area contributed by atoms with Gasteiger partial charge in [0.1, 0.15) is 28.0 Å². The summed E-state index contributed by atoms with van der Waals surface area (Å²) in [4.78, 5) is 4.06. The van der Waals surface area contributed by atoms with Crippen molar-refractivity contribution in [2.75, 3.05) is 0 Å². The fourth-order valence-corrected chi connectivity index (χ4v) is 4.19. The molecule has 0 fully saturated rings. The van der Waals surface area contributed by atoms with Gasteiger partial charge in [0.05, 0.1) is 5.92 Å². The average Bonchev–Trinajstić information content (AvgIpc) is 2.73. The molecule has 3 aromatic rings. The number of aryl methyl sites for hydroxylation is 1. The molecule has 0 saturated heterocycles. The molecule has 8 heteroatoms. The lowest BCUT2D eigenvalue weighted by molar-refractivity contribution is 0.391. The van der Waals surface area contributed by atoms with Gasteiger partial charge in [0.25, 0.3) is 0 Å². The van der Waals surface area contributed by atoms with E-state index in [1.54, 1.807) is 42.7 Å². The molecule has 1 aliphatic rings. The molecule has 2 heterocycles. The summed E-state index contributed by atoms with van der Waals surface area (Å²) in [5.41, 5.74) is 8.67. The number of ether oxygens (including phenoxy) is 1. The summed E-state index contributed by atoms with van der Waals surface area (Å²) < 4.78 is 36.1. The number of hydrogen-bond acceptors (Lipinski definition) is 7. The number of nitrogens with two attached hydrogens (primary N) is 1. The van der Waals surface area contributed by atoms with Crippen LogP contribution in [0.1, 0.15) is 22.6 Å². The van der Waals surface area contributed by atoms with Gasteiger partial charge in [-0.25, -0.2) is 0 Å². The fraction of sp³-hybridized carbons (Fsp3) is 0.0909. The Balaban J connectivity index is 1.72. The summed E-state index contributed by atoms with van der Waals surface area (Å²) >= 11 is 0. The van der Waals surface area contributed by atoms with Crippen LogP contribution in [0.2, 0.25) is 0 Å². The van der Waals surface area contributed by atoms with Crippen molar-refractivity contribution in [1.82, 2.24) is 4.98 Å². The van der Waals surface area contributed by atoms with Crippen LogP contribution in [0.5, 0.6) is 11.5 Å². The molecule has 4 rings (SSSR count). The van der Waals surface area contributed by atoms with E-state index in [0.717, 1.165) is 11.1 Å². The molecule has 0 amide bonds. The SMILES string of the molecule is Cc1ccc(S(=O)(=O)Oc2ccc3c(c2)OC(N)=C(C#N)C3c2ccncc2)cc1. The Morgan fingerprint density at radius 2 is 1.80 bits per heavy atom. The van der Waals surface area contributed by atoms with E-state index in [9.17, 15) is 13.7 Å². The molecule has 0 bridgehead atoms. The molecule has 1 unspecified atom stereocenters. The molecule has 2 aromatic carbocycles. The van der Waals surface area contributed by atoms with Crippen LogP contribution >= 0.6 is 0 Å². The molecule has 0 aliphatic carbocycles. The van der Waals surface area contributed by atoms with Crippen molar-refractivity contribution in [3.63, 3.8) is 0 Å². The quantitative estimate of drug-likeness (QED) is 0.645. The lowest BCUT2D eigenvalue weighted by atomic mass is 9.84. The maximum absolute atomic E-state index is 12.6. The van der Waals surface area contributed by atoms with Gasteiger partial charge in [-0.15, -0.1) is 0 Å². The highest BCUT2D eigenvalue weighted by Crippen LogP contribution is 2.43. The normalized spacial score (nSPS) is 15.7. The smallest absolute Gasteiger partial charge is 0.339 e. The monoisotopic (exact) mass is 419 g/mol. The number of rotatable bonds is 4. The van der Waals surface area contributed by atoms with E-state index in [0.29, 0.717) is 11.3 Å². The molecule has 0 saturated carbocycles. The zero-order chi connectivity index (χ0) is 21.3. The van der Waals surface area contributed by atoms with Crippen LogP contribution in [0, 0.1) is 18.3 Å². The van der Waals surface area contributed by atoms with Gasteiger partial charge in [-0.05, 0) is 42.8 Å². The second-order valence-electron chi connectivity index (χ2n) is 6.76. The summed E-state index contributed by atoms with van der Waals surface area (Å²) in [5.74, 6) is -0.0872. The standard InChI is InChI=1S/C22H17N3O4S/c1-14-2-5-17(6-3-14)30(26,27)29-16-4-7-18-20(12-16)28-22(24)19(13-23)21(18)15-8-10-25-11-9-15/h2-12,21H,24H2,1H3. The van der Waals surface area contributed by atoms with Crippen LogP contribution in [-0.4, -0.2) is 13.4 Å². The molecular formula is C22H17N3O4S. The van der Waals surface area contributed by atoms with Crippen molar-refractivity contribution < 1.29 is 17.3 Å². The van der Waals surface area contributed by atoms with Crippen LogP contribution in [-0.2, 0) is 10.1 Å². The van der Waals surface area contributed by atoms with Gasteiger partial charge in [-0.1, -0.05) is 23.8 Å². The Morgan fingerprint density at radius 3 is 2.47 bits per heavy atom. The van der Waals surface area contributed by atoms with E-state index in [1.807, 2.05) is 6.92 Å². The summed E-state index contributed by atoms with van der Waals surface area (Å²) in [6.07, 6.45) is 3.25. The van der Waals surface area contributed by atoms with Crippen LogP contribution in [0.3, 0.4) is 0 Å². The van der Waals surface area contributed by atoms with Crippen LogP contribution < -0.4 is 14.7 Å². The number of pyridine rings is 1. The summed E-state index contributed by atoms with van der Waals surface area (Å²) in [7, 11) is -4.01. The molecular weight excluding hydrogens is 402 g/mol. The second kappa shape index (κ2) is 7.54. The van der Waals surface area contributed by atoms with E-state index in [2.05, 4.69) is 11.1 Å². The Morgan fingerprint density at radius 1 is 1.10 bits per heavy atom. The molecule has 1 aliphatic heterocycles. The van der Waals surface area contributed by atoms with E-state index >= 15 is 0 Å². The Labute approximate surface area is 174 Å². The lowest BCUT2D eigenvalue weighted by Crippen LogP contribution is -2.21. The number of allylic oxidation sites excluding steroid dienone is 1. The first-order valence-electron chi connectivity index (χ1n) is 9.01. The van der Waals surface area contributed by atoms with E-state index in [4.69, 9.17) is 14.7 Å². The molecule has 7 nitrogen and oxygen atoms in total. The Hall–Kier alpha value is -3.83. The first-order valence-corrected chi connectivity index (χ1v) is 10.4. The number of benzene rings is 2. The minimum absolute atomic E-state index is 0.0367. The van der Waals surface area contributed by atoms with Crippen LogP contribution in [0.4, 0.5) is 0 Å². The van der Waals surface area contributed by atoms with Gasteiger partial charge in [-0.2, -0.15) is 13.7 Å². The van der Waals surface area contributed by atoms with E-state index < -0.39 is 16.0 Å². The number of aromatic nitrogens is 1. The zero-order valence-electron chi connectivity index (χ0n) is 15.9. The topological polar surface area (TPSA) is 115 Å². The molecule has 1 aromatic heterocycles. The third kappa shape index (κ3) is 3.58. The van der Waals surface area contributed by atoms with Gasteiger partial charge >= 0.3 is 10.1 Å². The number of hydrogen-bond donors (Lipinski definition) is 1. The van der Waals surface area contributed by atoms with Gasteiger partial charge in [0.2, 0.25) is 5.88 Å². The summed E-state index contributed by atoms with van der Waals surface area (Å²) in [5, 5.41) is 9.58. The van der Waals surface area contributed by atoms with Gasteiger partial charge in [-0.3, -0.25) is 4.98 Å². The molecule has 1 atom stereocenters. The van der Waals surface area contributed by atoms with Crippen LogP contribution in [0.15, 0.2) is 83.3 Å². The van der Waals surface area contributed by atoms with Crippen molar-refractivity contribution in [1.29, 1.82) is 5.26 Å². The molecule has 0 radical (unpaired) electrons. The van der Waals surface area contributed by atoms with Crippen molar-refractivity contribution in [2.24, 2.45) is 5.73 Å². The highest BCUT2D eigenvalue weighted by atomic mass is 32.2. The lowest BCUT2D eigenvalue weighted by Gasteiger charge is -2.26. The average molecular weight is 419 g/mol. The number of nitriles is 1. The van der Waals surface area contributed by atoms with Gasteiger partial charge in [0, 0.05) is 24.0 Å². The van der Waals surface area contributed by atoms with Crippen molar-refractivity contribution in [2.45, 2.75) is 17.7 Å². The minimum atomic E-state index is -4.01. The minimum Gasteiger partial charge on any atom is -0.440 e. The van der Waals surface area contributed by atoms with E-state index in [-0.39, 0.29) is 22.1 Å². The summed E-state index contributed by atoms with van der Waals surface area (Å²) in [6, 6.07) is 16.7. The maximum atomic E-state index is 12.6. The van der Waals surface area contributed by atoms with Gasteiger partial charge < -0.3 is 14.7 Å². The fourth-order valence-electron chi connectivity index (χ4n) is 3.27. The third-order valence-corrected chi connectivity index (χ3v) is 6.01. The number of nitrogens with zero attached hydrogens (tertiary/aromatic N) is 2. The Bertz CT molecular complexity index is 1280. The highest BCUT2D eigenvalue weighted by molar-refractivity contribution is 7.87. The summed E-state index contributed by atoms with van der Waals surface area (Å²) in [6.45, 7) is 1.87.